The molecule has 0 amide bonds. The molecular weight excluding hydrogens is 204 g/mol. The second-order valence-corrected chi connectivity index (χ2v) is 0. The van der Waals surface area contributed by atoms with Gasteiger partial charge < -0.3 is 0 Å². The molecule has 0 N–H and O–H groups in total. The summed E-state index contributed by atoms with van der Waals surface area (Å²) >= 11 is 0. The third-order valence-corrected chi connectivity index (χ3v) is 0. The van der Waals surface area contributed by atoms with Gasteiger partial charge in [0.1, 0.15) is 0 Å². The molecule has 0 bridgehead atoms. The largest absolute Gasteiger partial charge is 0 e. The van der Waals surface area contributed by atoms with Crippen LogP contribution in [0.1, 0.15) is 0 Å². The molecular formula is CNbTiV. The predicted octanol–water partition coefficient (Wildman–Crippen LogP) is 0.0738. The first kappa shape index (κ1) is 36.9. The summed E-state index contributed by atoms with van der Waals surface area (Å²) in [4.78, 5) is 0. The Labute approximate surface area is 69.4 Å². The van der Waals surface area contributed by atoms with Crippen LogP contribution in [0.2, 0.25) is 0 Å². The van der Waals surface area contributed by atoms with Gasteiger partial charge in [0.2, 0.25) is 0 Å². The van der Waals surface area contributed by atoms with Gasteiger partial charge in [-0.3, -0.25) is 0 Å². The molecule has 0 aromatic rings. The molecule has 0 aliphatic carbocycles. The van der Waals surface area contributed by atoms with E-state index >= 15 is 0 Å². The second kappa shape index (κ2) is 19.8. The van der Waals surface area contributed by atoms with Gasteiger partial charge in [0.25, 0.3) is 0 Å². The molecule has 18 valence electrons. The fraction of sp³-hybridized carbons (Fsp3) is 0. The zero-order valence-corrected chi connectivity index (χ0v) is 7.05. The van der Waals surface area contributed by atoms with Crippen LogP contribution in [0.5, 0.6) is 0 Å². The van der Waals surface area contributed by atoms with Crippen molar-refractivity contribution in [3.63, 3.8) is 0 Å². The minimum atomic E-state index is 0. The summed E-state index contributed by atoms with van der Waals surface area (Å²) in [5.41, 5.74) is 0. The van der Waals surface area contributed by atoms with Gasteiger partial charge in [-0.05, 0) is 0 Å². The topological polar surface area (TPSA) is 0 Å². The quantitative estimate of drug-likeness (QED) is 0.489. The Bertz CT molecular complexity index is 8.00. The molecule has 4 heavy (non-hydrogen) atoms. The number of hydrogen-bond donors (Lipinski definition) is 0. The normalized spacial score (nSPS) is 0. The van der Waals surface area contributed by atoms with E-state index in [0.29, 0.717) is 0 Å². The maximum atomic E-state index is 0. The molecule has 0 aliphatic rings. The first-order valence-corrected chi connectivity index (χ1v) is 0. The molecule has 6 radical (unpaired) electrons. The zero-order valence-electron chi connectivity index (χ0n) is 1.89. The van der Waals surface area contributed by atoms with E-state index in [1.807, 2.05) is 0 Å². The minimum absolute atomic E-state index is 0. The van der Waals surface area contributed by atoms with Gasteiger partial charge in [-0.2, -0.15) is 0 Å². The third-order valence-electron chi connectivity index (χ3n) is 0. The van der Waals surface area contributed by atoms with Crippen LogP contribution in [0.25, 0.3) is 0 Å². The van der Waals surface area contributed by atoms with Gasteiger partial charge >= 0.3 is 0 Å². The smallest absolute Gasteiger partial charge is 0 e. The Morgan fingerprint density at radius 1 is 1.00 bits per heavy atom. The first-order chi connectivity index (χ1) is 0. The van der Waals surface area contributed by atoms with Crippen molar-refractivity contribution in [1.29, 1.82) is 0 Å². The average molecular weight is 204 g/mol. The van der Waals surface area contributed by atoms with Crippen molar-refractivity contribution in [3.05, 3.63) is 7.43 Å². The molecule has 0 saturated heterocycles. The fourth-order valence-electron chi connectivity index (χ4n) is 0. The Kier molecular flexibility index (Phi) is 182. The van der Waals surface area contributed by atoms with Crippen molar-refractivity contribution < 1.29 is 62.7 Å². The number of hydrogen-bond acceptors (Lipinski definition) is 0. The van der Waals surface area contributed by atoms with Crippen LogP contribution in [-0.2, 0) is 62.7 Å². The Balaban J connectivity index is 0. The second-order valence-electron chi connectivity index (χ2n) is 0. The van der Waals surface area contributed by atoms with Crippen molar-refractivity contribution in [2.75, 3.05) is 0 Å². The molecule has 0 atom stereocenters. The summed E-state index contributed by atoms with van der Waals surface area (Å²) in [6.45, 7) is 0. The van der Waals surface area contributed by atoms with Gasteiger partial charge in [-0.15, -0.1) is 0 Å². The summed E-state index contributed by atoms with van der Waals surface area (Å²) in [5, 5.41) is 0. The van der Waals surface area contributed by atoms with Crippen LogP contribution in [-0.4, -0.2) is 0 Å². The van der Waals surface area contributed by atoms with E-state index in [0.717, 1.165) is 0 Å². The molecule has 0 heterocycles. The van der Waals surface area contributed by atoms with Gasteiger partial charge in [0.05, 0.1) is 0 Å². The van der Waals surface area contributed by atoms with E-state index in [4.69, 9.17) is 0 Å². The van der Waals surface area contributed by atoms with Gasteiger partial charge in [-0.25, -0.2) is 0 Å². The van der Waals surface area contributed by atoms with Crippen LogP contribution in [0.4, 0.5) is 0 Å². The van der Waals surface area contributed by atoms with Gasteiger partial charge in [0, 0.05) is 70.1 Å². The Morgan fingerprint density at radius 2 is 1.00 bits per heavy atom. The van der Waals surface area contributed by atoms with Crippen LogP contribution in [0.3, 0.4) is 0 Å². The van der Waals surface area contributed by atoms with Crippen molar-refractivity contribution in [1.82, 2.24) is 0 Å². The summed E-state index contributed by atoms with van der Waals surface area (Å²) < 4.78 is 0. The molecule has 0 unspecified atom stereocenters. The molecule has 0 rings (SSSR count). The van der Waals surface area contributed by atoms with E-state index in [2.05, 4.69) is 0 Å². The maximum Gasteiger partial charge on any atom is 0 e. The van der Waals surface area contributed by atoms with Crippen LogP contribution < -0.4 is 0 Å². The Hall–Kier alpha value is 2.04. The molecule has 0 fully saturated rings. The van der Waals surface area contributed by atoms with E-state index in [-0.39, 0.29) is 70.1 Å². The molecule has 0 aromatic heterocycles. The predicted molar refractivity (Wildman–Crippen MR) is 3.24 cm³/mol. The van der Waals surface area contributed by atoms with Crippen molar-refractivity contribution in [2.24, 2.45) is 0 Å². The first-order valence-electron chi connectivity index (χ1n) is 0. The van der Waals surface area contributed by atoms with Crippen LogP contribution in [0, 0.1) is 7.43 Å². The van der Waals surface area contributed by atoms with E-state index < -0.39 is 0 Å². The van der Waals surface area contributed by atoms with E-state index in [1.165, 1.54) is 0 Å². The monoisotopic (exact) mass is 204 g/mol. The van der Waals surface area contributed by atoms with Gasteiger partial charge in [-0.1, -0.05) is 0 Å². The standard InChI is InChI=1S/C.Nb.Ti.V. The zero-order chi connectivity index (χ0) is 0. The van der Waals surface area contributed by atoms with Crippen molar-refractivity contribution in [2.45, 2.75) is 0 Å². The molecule has 0 aliphatic heterocycles. The van der Waals surface area contributed by atoms with Crippen molar-refractivity contribution in [3.8, 4) is 0 Å². The molecule has 3 heteroatoms. The summed E-state index contributed by atoms with van der Waals surface area (Å²) in [5.74, 6) is 0. The van der Waals surface area contributed by atoms with Gasteiger partial charge in [0.15, 0.2) is 0 Å². The van der Waals surface area contributed by atoms with Crippen LogP contribution in [0.15, 0.2) is 0 Å². The Morgan fingerprint density at radius 3 is 1.00 bits per heavy atom. The SMILES string of the molecule is [C].[Nb].[Ti].[V]. The van der Waals surface area contributed by atoms with Crippen LogP contribution >= 0.6 is 0 Å². The summed E-state index contributed by atoms with van der Waals surface area (Å²) in [6.07, 6.45) is 0. The third kappa shape index (κ3) is 8.97. The van der Waals surface area contributed by atoms with E-state index in [1.54, 1.807) is 0 Å². The summed E-state index contributed by atoms with van der Waals surface area (Å²) in [6, 6.07) is 0. The molecule has 0 saturated carbocycles. The maximum absolute atomic E-state index is 0. The summed E-state index contributed by atoms with van der Waals surface area (Å²) in [7, 11) is 0. The average Bonchev–Trinajstić information content (AvgIpc) is 0. The van der Waals surface area contributed by atoms with E-state index in [9.17, 15) is 0 Å². The fourth-order valence-corrected chi connectivity index (χ4v) is 0. The molecule has 0 spiro atoms. The minimum Gasteiger partial charge on any atom is 0 e. The molecule has 0 nitrogen and oxygen atoms in total. The van der Waals surface area contributed by atoms with Crippen molar-refractivity contribution >= 4 is 0 Å². The molecule has 0 aromatic carbocycles. The number of rotatable bonds is 0.